The number of hydrogen-bond acceptors (Lipinski definition) is 7. The highest BCUT2D eigenvalue weighted by Crippen LogP contribution is 2.32. The van der Waals surface area contributed by atoms with E-state index >= 15 is 0 Å². The largest absolute Gasteiger partial charge is 0.454 e. The van der Waals surface area contributed by atoms with E-state index in [1.54, 1.807) is 0 Å². The van der Waals surface area contributed by atoms with Crippen molar-refractivity contribution in [1.82, 2.24) is 20.0 Å². The van der Waals surface area contributed by atoms with E-state index in [4.69, 9.17) is 13.9 Å². The Morgan fingerprint density at radius 2 is 1.54 bits per heavy atom. The summed E-state index contributed by atoms with van der Waals surface area (Å²) in [6.45, 7) is 5.91. The monoisotopic (exact) mass is 378 g/mol. The molecule has 1 saturated heterocycles. The highest BCUT2D eigenvalue weighted by Gasteiger charge is 2.20. The van der Waals surface area contributed by atoms with E-state index in [2.05, 4.69) is 32.1 Å². The van der Waals surface area contributed by atoms with Crippen LogP contribution in [0, 0.1) is 0 Å². The molecule has 2 aliphatic rings. The highest BCUT2D eigenvalue weighted by atomic mass is 16.7. The number of ether oxygens (including phenoxy) is 2. The molecule has 0 aliphatic carbocycles. The van der Waals surface area contributed by atoms with E-state index < -0.39 is 0 Å². The van der Waals surface area contributed by atoms with E-state index in [-0.39, 0.29) is 0 Å². The summed E-state index contributed by atoms with van der Waals surface area (Å²) in [6.07, 6.45) is 0. The molecule has 3 aromatic rings. The summed E-state index contributed by atoms with van der Waals surface area (Å²) in [5.41, 5.74) is 2.21. The Labute approximate surface area is 163 Å². The zero-order valence-corrected chi connectivity index (χ0v) is 15.6. The van der Waals surface area contributed by atoms with Crippen LogP contribution in [0.2, 0.25) is 0 Å². The summed E-state index contributed by atoms with van der Waals surface area (Å²) in [4.78, 5) is 4.82. The van der Waals surface area contributed by atoms with Crippen LogP contribution in [-0.4, -0.2) is 53.0 Å². The summed E-state index contributed by atoms with van der Waals surface area (Å²) in [6, 6.07) is 16.1. The molecule has 5 rings (SSSR count). The summed E-state index contributed by atoms with van der Waals surface area (Å²) < 4.78 is 16.7. The number of nitrogens with zero attached hydrogens (tertiary/aromatic N) is 4. The molecule has 0 saturated carbocycles. The third-order valence-electron chi connectivity index (χ3n) is 5.15. The van der Waals surface area contributed by atoms with Crippen molar-refractivity contribution >= 4 is 0 Å². The summed E-state index contributed by atoms with van der Waals surface area (Å²) in [5.74, 6) is 2.94. The van der Waals surface area contributed by atoms with Gasteiger partial charge in [-0.25, -0.2) is 0 Å². The lowest BCUT2D eigenvalue weighted by Crippen LogP contribution is -2.45. The molecule has 2 aliphatic heterocycles. The number of benzene rings is 2. The van der Waals surface area contributed by atoms with Crippen LogP contribution in [0.5, 0.6) is 11.5 Å². The Balaban J connectivity index is 1.14. The number of aromatic nitrogens is 2. The standard InChI is InChI=1S/C21H22N4O3/c1-2-4-17(5-3-1)21-23-22-20(28-21)14-25-10-8-24(9-11-25)13-16-6-7-18-19(12-16)27-15-26-18/h1-7,12H,8-11,13-15H2. The van der Waals surface area contributed by atoms with Gasteiger partial charge in [0.1, 0.15) is 0 Å². The number of piperazine rings is 1. The number of rotatable bonds is 5. The van der Waals surface area contributed by atoms with Gasteiger partial charge >= 0.3 is 0 Å². The average molecular weight is 378 g/mol. The molecule has 0 amide bonds. The number of fused-ring (bicyclic) bond motifs is 1. The molecule has 0 unspecified atom stereocenters. The van der Waals surface area contributed by atoms with Crippen molar-refractivity contribution in [2.24, 2.45) is 0 Å². The molecule has 0 spiro atoms. The second-order valence-corrected chi connectivity index (χ2v) is 7.11. The molecule has 2 aromatic carbocycles. The van der Waals surface area contributed by atoms with Crippen molar-refractivity contribution < 1.29 is 13.9 Å². The Morgan fingerprint density at radius 1 is 0.786 bits per heavy atom. The van der Waals surface area contributed by atoms with Gasteiger partial charge in [-0.2, -0.15) is 0 Å². The Bertz CT molecular complexity index is 936. The molecular weight excluding hydrogens is 356 g/mol. The third kappa shape index (κ3) is 3.72. The van der Waals surface area contributed by atoms with Crippen molar-refractivity contribution in [3.8, 4) is 23.0 Å². The van der Waals surface area contributed by atoms with E-state index in [1.165, 1.54) is 5.56 Å². The molecular formula is C21H22N4O3. The minimum atomic E-state index is 0.319. The second kappa shape index (κ2) is 7.61. The maximum absolute atomic E-state index is 5.83. The SMILES string of the molecule is c1ccc(-c2nnc(CN3CCN(Cc4ccc5c(c4)OCO5)CC3)o2)cc1. The molecule has 3 heterocycles. The van der Waals surface area contributed by atoms with Gasteiger partial charge in [-0.1, -0.05) is 24.3 Å². The van der Waals surface area contributed by atoms with Crippen LogP contribution in [0.4, 0.5) is 0 Å². The van der Waals surface area contributed by atoms with Crippen LogP contribution in [0.3, 0.4) is 0 Å². The first kappa shape index (κ1) is 17.2. The van der Waals surface area contributed by atoms with E-state index in [0.29, 0.717) is 25.1 Å². The lowest BCUT2D eigenvalue weighted by atomic mass is 10.1. The summed E-state index contributed by atoms with van der Waals surface area (Å²) in [7, 11) is 0. The predicted octanol–water partition coefficient (Wildman–Crippen LogP) is 2.78. The first-order chi connectivity index (χ1) is 13.8. The zero-order chi connectivity index (χ0) is 18.8. The lowest BCUT2D eigenvalue weighted by molar-refractivity contribution is 0.114. The normalized spacial score (nSPS) is 17.1. The van der Waals surface area contributed by atoms with Gasteiger partial charge in [0.2, 0.25) is 18.6 Å². The molecule has 1 fully saturated rings. The van der Waals surface area contributed by atoms with Gasteiger partial charge in [0.15, 0.2) is 11.5 Å². The fourth-order valence-corrected chi connectivity index (χ4v) is 3.61. The van der Waals surface area contributed by atoms with Crippen molar-refractivity contribution in [3.63, 3.8) is 0 Å². The molecule has 0 atom stereocenters. The molecule has 28 heavy (non-hydrogen) atoms. The second-order valence-electron chi connectivity index (χ2n) is 7.11. The third-order valence-corrected chi connectivity index (χ3v) is 5.15. The topological polar surface area (TPSA) is 63.9 Å². The van der Waals surface area contributed by atoms with Crippen molar-refractivity contribution in [3.05, 3.63) is 60.0 Å². The Morgan fingerprint density at radius 3 is 2.36 bits per heavy atom. The van der Waals surface area contributed by atoms with Crippen LogP contribution in [-0.2, 0) is 13.1 Å². The van der Waals surface area contributed by atoms with Crippen LogP contribution in [0.1, 0.15) is 11.5 Å². The molecule has 0 radical (unpaired) electrons. The Kier molecular flexibility index (Phi) is 4.68. The van der Waals surface area contributed by atoms with Crippen LogP contribution >= 0.6 is 0 Å². The van der Waals surface area contributed by atoms with Crippen LogP contribution in [0.25, 0.3) is 11.5 Å². The molecule has 7 nitrogen and oxygen atoms in total. The first-order valence-corrected chi connectivity index (χ1v) is 9.54. The van der Waals surface area contributed by atoms with Crippen molar-refractivity contribution in [1.29, 1.82) is 0 Å². The van der Waals surface area contributed by atoms with Crippen molar-refractivity contribution in [2.75, 3.05) is 33.0 Å². The smallest absolute Gasteiger partial charge is 0.247 e. The molecule has 7 heteroatoms. The van der Waals surface area contributed by atoms with Crippen LogP contribution < -0.4 is 9.47 Å². The van der Waals surface area contributed by atoms with Gasteiger partial charge in [0, 0.05) is 38.3 Å². The van der Waals surface area contributed by atoms with E-state index in [1.807, 2.05) is 36.4 Å². The molecule has 0 bridgehead atoms. The summed E-state index contributed by atoms with van der Waals surface area (Å²) in [5, 5.41) is 8.38. The minimum Gasteiger partial charge on any atom is -0.454 e. The molecule has 0 N–H and O–H groups in total. The van der Waals surface area contributed by atoms with Crippen LogP contribution in [0.15, 0.2) is 52.9 Å². The van der Waals surface area contributed by atoms with E-state index in [0.717, 1.165) is 49.8 Å². The minimum absolute atomic E-state index is 0.319. The summed E-state index contributed by atoms with van der Waals surface area (Å²) >= 11 is 0. The van der Waals surface area contributed by atoms with Gasteiger partial charge < -0.3 is 13.9 Å². The maximum atomic E-state index is 5.83. The highest BCUT2D eigenvalue weighted by molar-refractivity contribution is 5.51. The van der Waals surface area contributed by atoms with Gasteiger partial charge in [0.25, 0.3) is 0 Å². The average Bonchev–Trinajstić information content (AvgIpc) is 3.39. The molecule has 144 valence electrons. The predicted molar refractivity (Wildman–Crippen MR) is 103 cm³/mol. The Hall–Kier alpha value is -2.90. The van der Waals surface area contributed by atoms with Gasteiger partial charge in [0.05, 0.1) is 6.54 Å². The fraction of sp³-hybridized carbons (Fsp3) is 0.333. The van der Waals surface area contributed by atoms with Gasteiger partial charge in [-0.3, -0.25) is 9.80 Å². The number of hydrogen-bond donors (Lipinski definition) is 0. The maximum Gasteiger partial charge on any atom is 0.247 e. The van der Waals surface area contributed by atoms with Gasteiger partial charge in [-0.15, -0.1) is 10.2 Å². The zero-order valence-electron chi connectivity index (χ0n) is 15.6. The van der Waals surface area contributed by atoms with Crippen molar-refractivity contribution in [2.45, 2.75) is 13.1 Å². The first-order valence-electron chi connectivity index (χ1n) is 9.54. The fourth-order valence-electron chi connectivity index (χ4n) is 3.61. The van der Waals surface area contributed by atoms with E-state index in [9.17, 15) is 0 Å². The van der Waals surface area contributed by atoms with Gasteiger partial charge in [-0.05, 0) is 29.8 Å². The molecule has 1 aromatic heterocycles. The quantitative estimate of drug-likeness (QED) is 0.676. The lowest BCUT2D eigenvalue weighted by Gasteiger charge is -2.33.